The zero-order valence-electron chi connectivity index (χ0n) is 13.4. The maximum Gasteiger partial charge on any atom is 0.673 e. The van der Waals surface area contributed by atoms with Gasteiger partial charge in [-0.2, -0.15) is 0 Å². The molecule has 24 heavy (non-hydrogen) atoms. The third-order valence-corrected chi connectivity index (χ3v) is 5.66. The van der Waals surface area contributed by atoms with Gasteiger partial charge in [-0.3, -0.25) is 0 Å². The summed E-state index contributed by atoms with van der Waals surface area (Å²) in [5, 5.41) is 10.2. The number of methoxy groups -OCH3 is 1. The van der Waals surface area contributed by atoms with Crippen molar-refractivity contribution in [1.82, 2.24) is 0 Å². The van der Waals surface area contributed by atoms with Crippen LogP contribution in [0.25, 0.3) is 0 Å². The molecule has 8 heteroatoms. The molecule has 132 valence electrons. The number of ether oxygens (including phenoxy) is 1. The number of aliphatic hydroxyl groups is 1. The Kier molecular flexibility index (Phi) is 7.53. The van der Waals surface area contributed by atoms with E-state index in [1.165, 1.54) is 7.14 Å². The maximum atomic E-state index is 10.2. The summed E-state index contributed by atoms with van der Waals surface area (Å²) in [6.45, 7) is 3.67. The highest BCUT2D eigenvalue weighted by atomic mass is 127. The van der Waals surface area contributed by atoms with Crippen molar-refractivity contribution in [3.05, 3.63) is 61.2 Å². The van der Waals surface area contributed by atoms with Crippen molar-refractivity contribution < 1.29 is 48.3 Å². The number of halogens is 5. The normalized spacial score (nSPS) is 11.5. The molecule has 2 rings (SSSR count). The van der Waals surface area contributed by atoms with E-state index in [-0.39, 0.29) is 21.2 Å². The van der Waals surface area contributed by atoms with Gasteiger partial charge in [0.15, 0.2) is 7.14 Å². The second-order valence-electron chi connectivity index (χ2n) is 5.29. The maximum absolute atomic E-state index is 10.2. The molecule has 0 radical (unpaired) electrons. The van der Waals surface area contributed by atoms with Crippen molar-refractivity contribution >= 4 is 7.25 Å². The van der Waals surface area contributed by atoms with Crippen molar-refractivity contribution in [2.75, 3.05) is 7.11 Å². The Morgan fingerprint density at radius 3 is 1.92 bits per heavy atom. The Hall–Kier alpha value is -1.29. The van der Waals surface area contributed by atoms with Gasteiger partial charge in [0.05, 0.1) is 12.7 Å². The molecule has 0 aliphatic heterocycles. The molecule has 0 aliphatic rings. The number of hydrogen-bond acceptors (Lipinski definition) is 2. The average Bonchev–Trinajstić information content (AvgIpc) is 2.46. The van der Waals surface area contributed by atoms with Gasteiger partial charge in [0, 0.05) is 5.56 Å². The van der Waals surface area contributed by atoms with E-state index < -0.39 is 12.9 Å². The summed E-state index contributed by atoms with van der Waals surface area (Å²) in [4.78, 5) is 0. The standard InChI is InChI=1S/C16H18IO2.BF4/c1-16(2,18)14-6-4-5-7-15(14)17-12-8-10-13(19-3)11-9-12;2-1(3,4)5/h4-11,18H,1-3H3;/q+1;-1. The molecule has 0 unspecified atom stereocenters. The van der Waals surface area contributed by atoms with Crippen LogP contribution in [0.2, 0.25) is 0 Å². The summed E-state index contributed by atoms with van der Waals surface area (Å²) in [6.07, 6.45) is 0. The first-order valence-electron chi connectivity index (χ1n) is 6.99. The zero-order chi connectivity index (χ0) is 18.4. The molecule has 0 amide bonds. The molecule has 2 nitrogen and oxygen atoms in total. The third kappa shape index (κ3) is 8.00. The van der Waals surface area contributed by atoms with Crippen molar-refractivity contribution in [2.24, 2.45) is 0 Å². The fraction of sp³-hybridized carbons (Fsp3) is 0.250. The Bertz CT molecular complexity index is 634. The van der Waals surface area contributed by atoms with Crippen LogP contribution in [0.4, 0.5) is 17.3 Å². The Morgan fingerprint density at radius 2 is 1.46 bits per heavy atom. The summed E-state index contributed by atoms with van der Waals surface area (Å²) >= 11 is -0.293. The lowest BCUT2D eigenvalue weighted by atomic mass is 9.99. The van der Waals surface area contributed by atoms with Crippen LogP contribution in [0, 0.1) is 7.14 Å². The van der Waals surface area contributed by atoms with Gasteiger partial charge < -0.3 is 27.1 Å². The van der Waals surface area contributed by atoms with Crippen molar-refractivity contribution in [2.45, 2.75) is 19.4 Å². The van der Waals surface area contributed by atoms with E-state index in [2.05, 4.69) is 18.2 Å². The van der Waals surface area contributed by atoms with E-state index in [1.54, 1.807) is 7.11 Å². The van der Waals surface area contributed by atoms with Crippen LogP contribution in [0.5, 0.6) is 5.75 Å². The van der Waals surface area contributed by atoms with E-state index in [4.69, 9.17) is 4.74 Å². The molecule has 2 aromatic rings. The summed E-state index contributed by atoms with van der Waals surface area (Å²) < 4.78 is 46.7. The SMILES string of the molecule is COc1ccc([I+]c2ccccc2C(C)(C)O)cc1.F[B-](F)(F)F. The van der Waals surface area contributed by atoms with Gasteiger partial charge in [0.1, 0.15) is 5.75 Å². The van der Waals surface area contributed by atoms with Gasteiger partial charge >= 0.3 is 28.5 Å². The predicted octanol–water partition coefficient (Wildman–Crippen LogP) is 1.35. The average molecular weight is 456 g/mol. The Labute approximate surface area is 149 Å². The number of hydrogen-bond donors (Lipinski definition) is 1. The molecular weight excluding hydrogens is 438 g/mol. The summed E-state index contributed by atoms with van der Waals surface area (Å²) in [7, 11) is -4.33. The third-order valence-electron chi connectivity index (χ3n) is 2.79. The molecule has 2 aromatic carbocycles. The minimum Gasteiger partial charge on any atom is -0.497 e. The lowest BCUT2D eigenvalue weighted by molar-refractivity contribution is -0.599. The minimum absolute atomic E-state index is 0.293. The van der Waals surface area contributed by atoms with Crippen LogP contribution >= 0.6 is 0 Å². The molecule has 0 spiro atoms. The second kappa shape index (κ2) is 8.71. The first-order valence-corrected chi connectivity index (χ1v) is 9.14. The van der Waals surface area contributed by atoms with Crippen LogP contribution in [0.3, 0.4) is 0 Å². The smallest absolute Gasteiger partial charge is 0.497 e. The fourth-order valence-corrected chi connectivity index (χ4v) is 4.70. The summed E-state index contributed by atoms with van der Waals surface area (Å²) in [5.41, 5.74) is 0.238. The molecule has 0 saturated carbocycles. The van der Waals surface area contributed by atoms with E-state index in [1.807, 2.05) is 44.2 Å². The van der Waals surface area contributed by atoms with Gasteiger partial charge in [-0.25, -0.2) is 0 Å². The van der Waals surface area contributed by atoms with Crippen LogP contribution in [-0.2, 0) is 5.60 Å². The first kappa shape index (κ1) is 20.8. The van der Waals surface area contributed by atoms with Gasteiger partial charge in [-0.1, -0.05) is 18.2 Å². The van der Waals surface area contributed by atoms with E-state index in [0.29, 0.717) is 0 Å². The molecule has 0 aromatic heterocycles. The van der Waals surface area contributed by atoms with E-state index in [0.717, 1.165) is 11.3 Å². The van der Waals surface area contributed by atoms with Gasteiger partial charge in [0.25, 0.3) is 0 Å². The number of rotatable bonds is 4. The Morgan fingerprint density at radius 1 is 0.958 bits per heavy atom. The molecule has 0 saturated heterocycles. The monoisotopic (exact) mass is 456 g/mol. The fourth-order valence-electron chi connectivity index (χ4n) is 1.79. The van der Waals surface area contributed by atoms with Crippen LogP contribution in [0.15, 0.2) is 48.5 Å². The molecule has 0 bridgehead atoms. The molecule has 0 heterocycles. The van der Waals surface area contributed by atoms with Crippen molar-refractivity contribution in [1.29, 1.82) is 0 Å². The topological polar surface area (TPSA) is 29.5 Å². The largest absolute Gasteiger partial charge is 0.673 e. The lowest BCUT2D eigenvalue weighted by Crippen LogP contribution is -3.61. The highest BCUT2D eigenvalue weighted by Gasteiger charge is 2.27. The first-order chi connectivity index (χ1) is 11.0. The molecule has 1 N–H and O–H groups in total. The molecule has 0 fully saturated rings. The highest BCUT2D eigenvalue weighted by molar-refractivity contribution is 6.50. The summed E-state index contributed by atoms with van der Waals surface area (Å²) in [5.74, 6) is 0.878. The highest BCUT2D eigenvalue weighted by Crippen LogP contribution is 2.18. The quantitative estimate of drug-likeness (QED) is 0.428. The molecule has 0 aliphatic carbocycles. The van der Waals surface area contributed by atoms with Crippen LogP contribution < -0.4 is 25.9 Å². The molecule has 0 atom stereocenters. The van der Waals surface area contributed by atoms with Crippen molar-refractivity contribution in [3.63, 3.8) is 0 Å². The predicted molar refractivity (Wildman–Crippen MR) is 82.3 cm³/mol. The van der Waals surface area contributed by atoms with E-state index in [9.17, 15) is 22.4 Å². The lowest BCUT2D eigenvalue weighted by Gasteiger charge is -2.16. The van der Waals surface area contributed by atoms with Gasteiger partial charge in [-0.15, -0.1) is 0 Å². The van der Waals surface area contributed by atoms with Gasteiger partial charge in [-0.05, 0) is 44.2 Å². The second-order valence-corrected chi connectivity index (χ2v) is 8.23. The summed E-state index contributed by atoms with van der Waals surface area (Å²) in [6, 6.07) is 16.3. The molecular formula is C16H18BF4IO2. The van der Waals surface area contributed by atoms with Crippen molar-refractivity contribution in [3.8, 4) is 5.75 Å². The van der Waals surface area contributed by atoms with Gasteiger partial charge in [0.2, 0.25) is 0 Å². The minimum atomic E-state index is -6.00. The van der Waals surface area contributed by atoms with Crippen LogP contribution in [0.1, 0.15) is 19.4 Å². The van der Waals surface area contributed by atoms with E-state index >= 15 is 0 Å². The number of benzene rings is 2. The Balaban J connectivity index is 0.000000505. The van der Waals surface area contributed by atoms with Crippen LogP contribution in [-0.4, -0.2) is 19.5 Å². The zero-order valence-corrected chi connectivity index (χ0v) is 15.6.